The first-order valence-corrected chi connectivity index (χ1v) is 7.74. The van der Waals surface area contributed by atoms with E-state index in [9.17, 15) is 14.7 Å². The van der Waals surface area contributed by atoms with Crippen molar-refractivity contribution >= 4 is 18.2 Å². The van der Waals surface area contributed by atoms with Crippen LogP contribution in [0.5, 0.6) is 5.88 Å². The molecule has 0 saturated heterocycles. The second-order valence-electron chi connectivity index (χ2n) is 5.50. The van der Waals surface area contributed by atoms with Crippen LogP contribution in [0.3, 0.4) is 0 Å². The van der Waals surface area contributed by atoms with Gasteiger partial charge < -0.3 is 9.84 Å². The standard InChI is InChI=1S/C16H16N2O4S/c1-3-8(2)18-14(20)11(13(19)17-16(18)23)12-9-6-4-5-7-10(9)15(21)22-12/h4-8,12,20H,3H2,1-2H3,(H,17,19,23)/t8-,12-/m0/s1. The molecule has 0 unspecified atom stereocenters. The number of fused-ring (bicyclic) bond motifs is 1. The van der Waals surface area contributed by atoms with Gasteiger partial charge in [0.15, 0.2) is 10.9 Å². The minimum Gasteiger partial charge on any atom is -0.494 e. The van der Waals surface area contributed by atoms with Crippen molar-refractivity contribution in [2.45, 2.75) is 32.4 Å². The van der Waals surface area contributed by atoms with Crippen LogP contribution in [0.25, 0.3) is 0 Å². The highest BCUT2D eigenvalue weighted by Crippen LogP contribution is 2.38. The first-order chi connectivity index (χ1) is 11.0. The Morgan fingerprint density at radius 1 is 1.39 bits per heavy atom. The predicted octanol–water partition coefficient (Wildman–Crippen LogP) is 2.84. The van der Waals surface area contributed by atoms with Gasteiger partial charge in [-0.1, -0.05) is 25.1 Å². The Kier molecular flexibility index (Phi) is 3.81. The number of nitrogens with zero attached hydrogens (tertiary/aromatic N) is 1. The van der Waals surface area contributed by atoms with Gasteiger partial charge in [0.05, 0.1) is 5.56 Å². The van der Waals surface area contributed by atoms with Gasteiger partial charge in [0.1, 0.15) is 5.56 Å². The Morgan fingerprint density at radius 2 is 2.09 bits per heavy atom. The van der Waals surface area contributed by atoms with E-state index < -0.39 is 17.6 Å². The molecular formula is C16H16N2O4S. The summed E-state index contributed by atoms with van der Waals surface area (Å²) in [4.78, 5) is 26.9. The maximum absolute atomic E-state index is 12.3. The van der Waals surface area contributed by atoms with Crippen molar-refractivity contribution in [3.8, 4) is 5.88 Å². The predicted molar refractivity (Wildman–Crippen MR) is 86.3 cm³/mol. The van der Waals surface area contributed by atoms with E-state index in [0.29, 0.717) is 17.5 Å². The van der Waals surface area contributed by atoms with Crippen molar-refractivity contribution in [3.05, 3.63) is 56.1 Å². The Bertz CT molecular complexity index is 900. The summed E-state index contributed by atoms with van der Waals surface area (Å²) >= 11 is 5.14. The van der Waals surface area contributed by atoms with Crippen LogP contribution in [0.15, 0.2) is 29.1 Å². The number of rotatable bonds is 3. The van der Waals surface area contributed by atoms with E-state index in [1.54, 1.807) is 24.3 Å². The van der Waals surface area contributed by atoms with Gasteiger partial charge in [-0.05, 0) is 31.6 Å². The average molecular weight is 332 g/mol. The van der Waals surface area contributed by atoms with Crippen LogP contribution in [0, 0.1) is 4.77 Å². The number of esters is 1. The molecule has 2 aromatic rings. The summed E-state index contributed by atoms with van der Waals surface area (Å²) in [5.74, 6) is -0.774. The molecule has 0 bridgehead atoms. The van der Waals surface area contributed by atoms with Crippen LogP contribution in [-0.2, 0) is 4.74 Å². The van der Waals surface area contributed by atoms with Crippen LogP contribution in [-0.4, -0.2) is 20.6 Å². The number of cyclic esters (lactones) is 1. The zero-order valence-corrected chi connectivity index (χ0v) is 13.5. The lowest BCUT2D eigenvalue weighted by Gasteiger charge is -2.20. The summed E-state index contributed by atoms with van der Waals surface area (Å²) in [5.41, 5.74) is 0.402. The fourth-order valence-corrected chi connectivity index (χ4v) is 3.10. The van der Waals surface area contributed by atoms with Crippen LogP contribution in [0.4, 0.5) is 0 Å². The molecule has 6 nitrogen and oxygen atoms in total. The maximum Gasteiger partial charge on any atom is 0.339 e. The summed E-state index contributed by atoms with van der Waals surface area (Å²) in [6, 6.07) is 6.71. The van der Waals surface area contributed by atoms with Crippen LogP contribution >= 0.6 is 12.2 Å². The Balaban J connectivity index is 2.25. The maximum atomic E-state index is 12.3. The quantitative estimate of drug-likeness (QED) is 0.667. The van der Waals surface area contributed by atoms with Gasteiger partial charge in [-0.3, -0.25) is 14.3 Å². The van der Waals surface area contributed by atoms with Crippen molar-refractivity contribution < 1.29 is 14.6 Å². The minimum absolute atomic E-state index is 0.00259. The molecule has 0 saturated carbocycles. The minimum atomic E-state index is -0.937. The molecule has 1 aromatic carbocycles. The van der Waals surface area contributed by atoms with Crippen molar-refractivity contribution in [2.75, 3.05) is 0 Å². The summed E-state index contributed by atoms with van der Waals surface area (Å²) < 4.78 is 6.94. The first kappa shape index (κ1) is 15.5. The molecule has 1 aliphatic rings. The topological polar surface area (TPSA) is 84.3 Å². The Morgan fingerprint density at radius 3 is 2.78 bits per heavy atom. The molecule has 23 heavy (non-hydrogen) atoms. The number of aromatic hydroxyl groups is 1. The van der Waals surface area contributed by atoms with Gasteiger partial charge >= 0.3 is 5.97 Å². The molecule has 2 N–H and O–H groups in total. The molecule has 2 atom stereocenters. The highest BCUT2D eigenvalue weighted by atomic mass is 32.1. The summed E-state index contributed by atoms with van der Waals surface area (Å²) in [7, 11) is 0. The zero-order valence-electron chi connectivity index (χ0n) is 12.7. The lowest BCUT2D eigenvalue weighted by molar-refractivity contribution is 0.0448. The van der Waals surface area contributed by atoms with Gasteiger partial charge in [0.25, 0.3) is 5.56 Å². The molecule has 0 aliphatic carbocycles. The van der Waals surface area contributed by atoms with E-state index in [0.717, 1.165) is 0 Å². The highest BCUT2D eigenvalue weighted by Gasteiger charge is 2.36. The highest BCUT2D eigenvalue weighted by molar-refractivity contribution is 7.71. The third-order valence-electron chi connectivity index (χ3n) is 4.13. The van der Waals surface area contributed by atoms with Gasteiger partial charge in [0, 0.05) is 11.6 Å². The van der Waals surface area contributed by atoms with Gasteiger partial charge in [-0.2, -0.15) is 0 Å². The van der Waals surface area contributed by atoms with Crippen molar-refractivity contribution in [3.63, 3.8) is 0 Å². The molecular weight excluding hydrogens is 316 g/mol. The van der Waals surface area contributed by atoms with Crippen molar-refractivity contribution in [2.24, 2.45) is 0 Å². The molecule has 120 valence electrons. The van der Waals surface area contributed by atoms with E-state index in [1.807, 2.05) is 13.8 Å². The first-order valence-electron chi connectivity index (χ1n) is 7.33. The largest absolute Gasteiger partial charge is 0.494 e. The normalized spacial score (nSPS) is 17.7. The zero-order chi connectivity index (χ0) is 16.7. The number of hydrogen-bond acceptors (Lipinski definition) is 5. The van der Waals surface area contributed by atoms with E-state index in [-0.39, 0.29) is 22.3 Å². The summed E-state index contributed by atoms with van der Waals surface area (Å²) in [6.07, 6.45) is -0.220. The third-order valence-corrected chi connectivity index (χ3v) is 4.43. The smallest absolute Gasteiger partial charge is 0.339 e. The summed E-state index contributed by atoms with van der Waals surface area (Å²) in [6.45, 7) is 3.83. The molecule has 2 heterocycles. The molecule has 1 aliphatic heterocycles. The Hall–Kier alpha value is -2.41. The van der Waals surface area contributed by atoms with Gasteiger partial charge in [0.2, 0.25) is 5.88 Å². The average Bonchev–Trinajstić information content (AvgIpc) is 2.84. The SMILES string of the molecule is CC[C@H](C)n1c(O)c([C@H]2OC(=O)c3ccccc32)c(=O)[nH]c1=S. The molecule has 3 rings (SSSR count). The number of aromatic amines is 1. The summed E-state index contributed by atoms with van der Waals surface area (Å²) in [5, 5.41) is 10.6. The van der Waals surface area contributed by atoms with Crippen LogP contribution < -0.4 is 5.56 Å². The van der Waals surface area contributed by atoms with Crippen LogP contribution in [0.2, 0.25) is 0 Å². The fraction of sp³-hybridized carbons (Fsp3) is 0.312. The number of hydrogen-bond donors (Lipinski definition) is 2. The second kappa shape index (κ2) is 5.66. The van der Waals surface area contributed by atoms with Crippen molar-refractivity contribution in [1.82, 2.24) is 9.55 Å². The van der Waals surface area contributed by atoms with E-state index in [2.05, 4.69) is 4.98 Å². The molecule has 0 amide bonds. The third kappa shape index (κ3) is 2.37. The number of carbonyl (C=O) groups is 1. The van der Waals surface area contributed by atoms with E-state index >= 15 is 0 Å². The lowest BCUT2D eigenvalue weighted by atomic mass is 10.0. The van der Waals surface area contributed by atoms with E-state index in [1.165, 1.54) is 4.57 Å². The number of nitrogens with one attached hydrogen (secondary N) is 1. The number of carbonyl (C=O) groups excluding carboxylic acids is 1. The number of benzene rings is 1. The number of aromatic nitrogens is 2. The van der Waals surface area contributed by atoms with E-state index in [4.69, 9.17) is 17.0 Å². The number of H-pyrrole nitrogens is 1. The molecule has 1 aromatic heterocycles. The number of ether oxygens (including phenoxy) is 1. The second-order valence-corrected chi connectivity index (χ2v) is 5.88. The molecule has 7 heteroatoms. The lowest BCUT2D eigenvalue weighted by Crippen LogP contribution is -2.23. The van der Waals surface area contributed by atoms with Crippen molar-refractivity contribution in [1.29, 1.82) is 0 Å². The Labute approximate surface area is 137 Å². The molecule has 0 radical (unpaired) electrons. The van der Waals surface area contributed by atoms with Gasteiger partial charge in [-0.15, -0.1) is 0 Å². The molecule has 0 spiro atoms. The monoisotopic (exact) mass is 332 g/mol. The molecule has 0 fully saturated rings. The van der Waals surface area contributed by atoms with Gasteiger partial charge in [-0.25, -0.2) is 4.79 Å². The fourth-order valence-electron chi connectivity index (χ4n) is 2.74. The van der Waals surface area contributed by atoms with Crippen LogP contribution in [0.1, 0.15) is 53.9 Å².